The third kappa shape index (κ3) is 1.66. The third-order valence-corrected chi connectivity index (χ3v) is 3.26. The minimum atomic E-state index is -0.696. The van der Waals surface area contributed by atoms with Crippen LogP contribution in [0.25, 0.3) is 0 Å². The summed E-state index contributed by atoms with van der Waals surface area (Å²) in [5, 5.41) is 3.24. The van der Waals surface area contributed by atoms with Crippen LogP contribution in [-0.2, 0) is 19.1 Å². The van der Waals surface area contributed by atoms with Gasteiger partial charge >= 0.3 is 5.97 Å². The first-order chi connectivity index (χ1) is 7.17. The van der Waals surface area contributed by atoms with Gasteiger partial charge in [0, 0.05) is 19.6 Å². The lowest BCUT2D eigenvalue weighted by Crippen LogP contribution is -2.52. The molecule has 5 heteroatoms. The second-order valence-electron chi connectivity index (χ2n) is 4.07. The first-order valence-electron chi connectivity index (χ1n) is 5.06. The van der Waals surface area contributed by atoms with Crippen molar-refractivity contribution in [2.24, 2.45) is 5.92 Å². The van der Waals surface area contributed by atoms with Crippen molar-refractivity contribution in [3.63, 3.8) is 0 Å². The topological polar surface area (TPSA) is 64.6 Å². The normalized spacial score (nSPS) is 39.2. The van der Waals surface area contributed by atoms with Gasteiger partial charge in [-0.1, -0.05) is 0 Å². The molecule has 2 aliphatic heterocycles. The second kappa shape index (κ2) is 3.90. The summed E-state index contributed by atoms with van der Waals surface area (Å²) in [4.78, 5) is 23.2. The maximum atomic E-state index is 11.7. The highest BCUT2D eigenvalue weighted by Gasteiger charge is 2.50. The Morgan fingerprint density at radius 3 is 2.80 bits per heavy atom. The molecule has 4 unspecified atom stereocenters. The van der Waals surface area contributed by atoms with Crippen molar-refractivity contribution in [1.82, 2.24) is 5.32 Å². The van der Waals surface area contributed by atoms with E-state index >= 15 is 0 Å². The molecular weight excluding hydrogens is 198 g/mol. The van der Waals surface area contributed by atoms with Crippen LogP contribution >= 0.6 is 0 Å². The number of fused-ring (bicyclic) bond motifs is 2. The Balaban J connectivity index is 2.21. The van der Waals surface area contributed by atoms with E-state index in [2.05, 4.69) is 10.1 Å². The maximum Gasteiger partial charge on any atom is 0.317 e. The van der Waals surface area contributed by atoms with E-state index in [0.29, 0.717) is 6.42 Å². The molecule has 0 aliphatic carbocycles. The number of rotatable bonds is 2. The smallest absolute Gasteiger partial charge is 0.317 e. The quantitative estimate of drug-likeness (QED) is 0.494. The maximum absolute atomic E-state index is 11.7. The van der Waals surface area contributed by atoms with Gasteiger partial charge in [-0.05, 0) is 6.42 Å². The van der Waals surface area contributed by atoms with E-state index in [1.165, 1.54) is 7.11 Å². The standard InChI is InChI=1S/C10H15NO4/c1-14-7-4-5-3-6(12)8(9(7)11-5)10(13)15-2/h5,7-9,11H,3-4H2,1-2H3. The summed E-state index contributed by atoms with van der Waals surface area (Å²) in [7, 11) is 2.91. The van der Waals surface area contributed by atoms with Gasteiger partial charge in [0.25, 0.3) is 0 Å². The fraction of sp³-hybridized carbons (Fsp3) is 0.800. The molecule has 0 aromatic carbocycles. The van der Waals surface area contributed by atoms with Crippen LogP contribution in [0, 0.1) is 5.92 Å². The van der Waals surface area contributed by atoms with Gasteiger partial charge in [0.1, 0.15) is 11.7 Å². The molecule has 2 heterocycles. The van der Waals surface area contributed by atoms with Gasteiger partial charge in [-0.2, -0.15) is 0 Å². The molecule has 0 spiro atoms. The van der Waals surface area contributed by atoms with Crippen LogP contribution in [0.5, 0.6) is 0 Å². The number of esters is 1. The predicted octanol–water partition coefficient (Wildman–Crippen LogP) is -0.506. The Hall–Kier alpha value is -0.940. The highest BCUT2D eigenvalue weighted by atomic mass is 16.5. The average Bonchev–Trinajstić information content (AvgIpc) is 2.55. The predicted molar refractivity (Wildman–Crippen MR) is 51.3 cm³/mol. The zero-order chi connectivity index (χ0) is 11.0. The molecule has 84 valence electrons. The lowest BCUT2D eigenvalue weighted by molar-refractivity contribution is -0.152. The Morgan fingerprint density at radius 2 is 2.20 bits per heavy atom. The highest BCUT2D eigenvalue weighted by molar-refractivity contribution is 6.01. The summed E-state index contributed by atoms with van der Waals surface area (Å²) in [5.41, 5.74) is 0. The average molecular weight is 213 g/mol. The van der Waals surface area contributed by atoms with E-state index in [4.69, 9.17) is 4.74 Å². The van der Waals surface area contributed by atoms with Crippen LogP contribution < -0.4 is 5.32 Å². The van der Waals surface area contributed by atoms with Crippen molar-refractivity contribution in [2.45, 2.75) is 31.0 Å². The molecule has 0 aromatic heterocycles. The van der Waals surface area contributed by atoms with E-state index in [-0.39, 0.29) is 24.0 Å². The zero-order valence-corrected chi connectivity index (χ0v) is 8.86. The number of piperidine rings is 1. The summed E-state index contributed by atoms with van der Waals surface area (Å²) in [6.45, 7) is 0. The van der Waals surface area contributed by atoms with Gasteiger partial charge < -0.3 is 14.8 Å². The molecule has 2 fully saturated rings. The van der Waals surface area contributed by atoms with E-state index < -0.39 is 11.9 Å². The fourth-order valence-corrected chi connectivity index (χ4v) is 2.55. The minimum absolute atomic E-state index is 0.0323. The van der Waals surface area contributed by atoms with Crippen molar-refractivity contribution >= 4 is 11.8 Å². The Morgan fingerprint density at radius 1 is 1.47 bits per heavy atom. The van der Waals surface area contributed by atoms with E-state index in [0.717, 1.165) is 6.42 Å². The summed E-state index contributed by atoms with van der Waals surface area (Å²) in [6, 6.07) is -0.0537. The van der Waals surface area contributed by atoms with Crippen LogP contribution in [0.3, 0.4) is 0 Å². The number of carbonyl (C=O) groups is 2. The van der Waals surface area contributed by atoms with E-state index in [1.54, 1.807) is 7.11 Å². The van der Waals surface area contributed by atoms with Gasteiger partial charge in [-0.3, -0.25) is 9.59 Å². The third-order valence-electron chi connectivity index (χ3n) is 3.26. The molecule has 5 nitrogen and oxygen atoms in total. The van der Waals surface area contributed by atoms with Crippen LogP contribution in [0.1, 0.15) is 12.8 Å². The van der Waals surface area contributed by atoms with Crippen molar-refractivity contribution in [1.29, 1.82) is 0 Å². The van der Waals surface area contributed by atoms with Crippen LogP contribution in [-0.4, -0.2) is 44.2 Å². The molecule has 2 aliphatic rings. The summed E-state index contributed by atoms with van der Waals surface area (Å²) in [6.07, 6.45) is 1.13. The molecular formula is C10H15NO4. The van der Waals surface area contributed by atoms with Crippen molar-refractivity contribution < 1.29 is 19.1 Å². The molecule has 0 amide bonds. The van der Waals surface area contributed by atoms with E-state index in [9.17, 15) is 9.59 Å². The lowest BCUT2D eigenvalue weighted by atomic mass is 9.90. The SMILES string of the molecule is COC(=O)C1C(=O)CC2CC(OC)C1N2. The molecule has 0 saturated carbocycles. The number of ketones is 1. The van der Waals surface area contributed by atoms with Gasteiger partial charge in [0.15, 0.2) is 0 Å². The van der Waals surface area contributed by atoms with Crippen LogP contribution in [0.15, 0.2) is 0 Å². The monoisotopic (exact) mass is 213 g/mol. The number of carbonyl (C=O) groups excluding carboxylic acids is 2. The Labute approximate surface area is 88.1 Å². The Kier molecular flexibility index (Phi) is 2.75. The molecule has 0 radical (unpaired) electrons. The zero-order valence-electron chi connectivity index (χ0n) is 8.86. The molecule has 1 N–H and O–H groups in total. The number of methoxy groups -OCH3 is 2. The highest BCUT2D eigenvalue weighted by Crippen LogP contribution is 2.31. The molecule has 2 rings (SSSR count). The van der Waals surface area contributed by atoms with Gasteiger partial charge in [0.2, 0.25) is 0 Å². The largest absolute Gasteiger partial charge is 0.468 e. The lowest BCUT2D eigenvalue weighted by Gasteiger charge is -2.28. The first kappa shape index (κ1) is 10.6. The van der Waals surface area contributed by atoms with Crippen LogP contribution in [0.2, 0.25) is 0 Å². The number of Topliss-reactive ketones (excluding diaryl/α,β-unsaturated/α-hetero) is 1. The number of nitrogens with one attached hydrogen (secondary N) is 1. The molecule has 2 saturated heterocycles. The summed E-state index contributed by atoms with van der Waals surface area (Å²) < 4.78 is 9.92. The fourth-order valence-electron chi connectivity index (χ4n) is 2.55. The molecule has 0 aromatic rings. The van der Waals surface area contributed by atoms with Gasteiger partial charge in [-0.15, -0.1) is 0 Å². The van der Waals surface area contributed by atoms with Crippen molar-refractivity contribution in [2.75, 3.05) is 14.2 Å². The summed E-state index contributed by atoms with van der Waals surface area (Å²) in [5.74, 6) is -1.19. The van der Waals surface area contributed by atoms with Crippen molar-refractivity contribution in [3.8, 4) is 0 Å². The Bertz CT molecular complexity index is 291. The van der Waals surface area contributed by atoms with Crippen LogP contribution in [0.4, 0.5) is 0 Å². The molecule has 4 atom stereocenters. The first-order valence-corrected chi connectivity index (χ1v) is 5.06. The van der Waals surface area contributed by atoms with Gasteiger partial charge in [0.05, 0.1) is 19.3 Å². The number of hydrogen-bond acceptors (Lipinski definition) is 5. The second-order valence-corrected chi connectivity index (χ2v) is 4.07. The summed E-state index contributed by atoms with van der Waals surface area (Å²) >= 11 is 0. The minimum Gasteiger partial charge on any atom is -0.468 e. The molecule has 2 bridgehead atoms. The molecule has 15 heavy (non-hydrogen) atoms. The van der Waals surface area contributed by atoms with Crippen molar-refractivity contribution in [3.05, 3.63) is 0 Å². The van der Waals surface area contributed by atoms with Gasteiger partial charge in [-0.25, -0.2) is 0 Å². The number of hydrogen-bond donors (Lipinski definition) is 1. The number of ether oxygens (including phenoxy) is 2. The van der Waals surface area contributed by atoms with E-state index in [1.807, 2.05) is 0 Å².